The highest BCUT2D eigenvalue weighted by molar-refractivity contribution is 7.14. The van der Waals surface area contributed by atoms with E-state index < -0.39 is 4.92 Å². The molecule has 0 unspecified atom stereocenters. The molecule has 0 aliphatic carbocycles. The zero-order valence-electron chi connectivity index (χ0n) is 13.0. The first kappa shape index (κ1) is 17.1. The van der Waals surface area contributed by atoms with Gasteiger partial charge in [-0.25, -0.2) is 4.98 Å². The summed E-state index contributed by atoms with van der Waals surface area (Å²) in [5.74, 6) is -0.299. The van der Waals surface area contributed by atoms with Crippen molar-refractivity contribution in [3.8, 4) is 11.3 Å². The summed E-state index contributed by atoms with van der Waals surface area (Å²) in [6.07, 6.45) is 0. The van der Waals surface area contributed by atoms with E-state index in [0.717, 1.165) is 0 Å². The van der Waals surface area contributed by atoms with Crippen molar-refractivity contribution in [1.29, 1.82) is 0 Å². The zero-order chi connectivity index (χ0) is 18.0. The van der Waals surface area contributed by atoms with Crippen LogP contribution in [0.5, 0.6) is 0 Å². The van der Waals surface area contributed by atoms with Crippen molar-refractivity contribution in [2.24, 2.45) is 0 Å². The molecule has 0 spiro atoms. The fourth-order valence-corrected chi connectivity index (χ4v) is 3.04. The summed E-state index contributed by atoms with van der Waals surface area (Å²) in [6, 6.07) is 11.4. The SMILES string of the molecule is Cc1ccc(-c2csc(NC(=O)c3ccc(Cl)cc3)n2)cc1[N+](=O)[O-]. The second-order valence-corrected chi connectivity index (χ2v) is 6.55. The lowest BCUT2D eigenvalue weighted by Gasteiger charge is -2.02. The number of nitrogens with one attached hydrogen (secondary N) is 1. The number of nitro benzene ring substituents is 1. The van der Waals surface area contributed by atoms with Crippen molar-refractivity contribution in [2.75, 3.05) is 5.32 Å². The topological polar surface area (TPSA) is 85.1 Å². The molecule has 0 fully saturated rings. The van der Waals surface area contributed by atoms with Crippen LogP contribution in [0, 0.1) is 17.0 Å². The second kappa shape index (κ2) is 7.00. The van der Waals surface area contributed by atoms with Crippen LogP contribution in [-0.2, 0) is 0 Å². The van der Waals surface area contributed by atoms with Crippen LogP contribution < -0.4 is 5.32 Å². The molecule has 0 saturated heterocycles. The fraction of sp³-hybridized carbons (Fsp3) is 0.0588. The molecule has 3 aromatic rings. The predicted octanol–water partition coefficient (Wildman–Crippen LogP) is 4.93. The quantitative estimate of drug-likeness (QED) is 0.518. The summed E-state index contributed by atoms with van der Waals surface area (Å²) < 4.78 is 0. The summed E-state index contributed by atoms with van der Waals surface area (Å²) in [4.78, 5) is 27.1. The number of nitrogens with zero attached hydrogens (tertiary/aromatic N) is 2. The summed E-state index contributed by atoms with van der Waals surface area (Å²) in [5, 5.41) is 16.5. The molecular weight excluding hydrogens is 362 g/mol. The lowest BCUT2D eigenvalue weighted by Crippen LogP contribution is -2.11. The van der Waals surface area contributed by atoms with Gasteiger partial charge in [0.25, 0.3) is 11.6 Å². The fourth-order valence-electron chi connectivity index (χ4n) is 2.20. The molecule has 0 radical (unpaired) electrons. The molecule has 0 aliphatic rings. The van der Waals surface area contributed by atoms with Gasteiger partial charge in [0.15, 0.2) is 5.13 Å². The lowest BCUT2D eigenvalue weighted by molar-refractivity contribution is -0.385. The van der Waals surface area contributed by atoms with Crippen LogP contribution in [0.4, 0.5) is 10.8 Å². The first-order chi connectivity index (χ1) is 11.9. The Hall–Kier alpha value is -2.77. The van der Waals surface area contributed by atoms with Gasteiger partial charge in [0.2, 0.25) is 0 Å². The van der Waals surface area contributed by atoms with Gasteiger partial charge in [0.1, 0.15) is 0 Å². The number of nitro groups is 1. The Labute approximate surface area is 152 Å². The molecule has 1 amide bonds. The molecule has 2 aromatic carbocycles. The lowest BCUT2D eigenvalue weighted by atomic mass is 10.1. The van der Waals surface area contributed by atoms with Gasteiger partial charge in [-0.2, -0.15) is 0 Å². The number of anilines is 1. The summed E-state index contributed by atoms with van der Waals surface area (Å²) in [5.41, 5.74) is 2.28. The predicted molar refractivity (Wildman–Crippen MR) is 98.3 cm³/mol. The minimum Gasteiger partial charge on any atom is -0.298 e. The second-order valence-electron chi connectivity index (χ2n) is 5.26. The number of amides is 1. The minimum atomic E-state index is -0.422. The summed E-state index contributed by atoms with van der Waals surface area (Å²) in [7, 11) is 0. The van der Waals surface area contributed by atoms with Crippen LogP contribution in [0.1, 0.15) is 15.9 Å². The number of carbonyl (C=O) groups is 1. The first-order valence-electron chi connectivity index (χ1n) is 7.22. The minimum absolute atomic E-state index is 0.0391. The third-order valence-corrected chi connectivity index (χ3v) is 4.54. The number of halogens is 1. The van der Waals surface area contributed by atoms with E-state index in [1.165, 1.54) is 17.4 Å². The number of thiazole rings is 1. The maximum Gasteiger partial charge on any atom is 0.272 e. The average molecular weight is 374 g/mol. The largest absolute Gasteiger partial charge is 0.298 e. The maximum absolute atomic E-state index is 12.2. The molecule has 0 aliphatic heterocycles. The number of aromatic nitrogens is 1. The van der Waals surface area contributed by atoms with Gasteiger partial charge < -0.3 is 0 Å². The standard InChI is InChI=1S/C17H12ClN3O3S/c1-10-2-3-12(8-15(10)21(23)24)14-9-25-17(19-14)20-16(22)11-4-6-13(18)7-5-11/h2-9H,1H3,(H,19,20,22). The van der Waals surface area contributed by atoms with Crippen molar-refractivity contribution in [2.45, 2.75) is 6.92 Å². The van der Waals surface area contributed by atoms with Crippen molar-refractivity contribution < 1.29 is 9.72 Å². The Kier molecular flexibility index (Phi) is 4.78. The number of carbonyl (C=O) groups excluding carboxylic acids is 1. The molecule has 1 aromatic heterocycles. The Morgan fingerprint density at radius 1 is 1.24 bits per heavy atom. The molecule has 0 bridgehead atoms. The summed E-state index contributed by atoms with van der Waals surface area (Å²) in [6.45, 7) is 1.68. The molecule has 126 valence electrons. The van der Waals surface area contributed by atoms with Gasteiger partial charge in [0, 0.05) is 33.2 Å². The zero-order valence-corrected chi connectivity index (χ0v) is 14.6. The van der Waals surface area contributed by atoms with Crippen molar-refractivity contribution >= 4 is 39.7 Å². The monoisotopic (exact) mass is 373 g/mol. The Bertz CT molecular complexity index is 954. The van der Waals surface area contributed by atoms with Gasteiger partial charge >= 0.3 is 0 Å². The number of hydrogen-bond acceptors (Lipinski definition) is 5. The molecule has 1 N–H and O–H groups in total. The highest BCUT2D eigenvalue weighted by atomic mass is 35.5. The first-order valence-corrected chi connectivity index (χ1v) is 8.47. The maximum atomic E-state index is 12.2. The van der Waals surface area contributed by atoms with Crippen molar-refractivity contribution in [3.63, 3.8) is 0 Å². The smallest absolute Gasteiger partial charge is 0.272 e. The van der Waals surface area contributed by atoms with Gasteiger partial charge in [-0.05, 0) is 31.2 Å². The number of rotatable bonds is 4. The van der Waals surface area contributed by atoms with E-state index in [2.05, 4.69) is 10.3 Å². The highest BCUT2D eigenvalue weighted by Gasteiger charge is 2.14. The molecule has 25 heavy (non-hydrogen) atoms. The van der Waals surface area contributed by atoms with Gasteiger partial charge in [-0.1, -0.05) is 23.7 Å². The third kappa shape index (κ3) is 3.84. The normalized spacial score (nSPS) is 10.5. The van der Waals surface area contributed by atoms with E-state index in [0.29, 0.717) is 32.5 Å². The van der Waals surface area contributed by atoms with E-state index in [1.54, 1.807) is 48.7 Å². The summed E-state index contributed by atoms with van der Waals surface area (Å²) >= 11 is 7.05. The van der Waals surface area contributed by atoms with Crippen molar-refractivity contribution in [1.82, 2.24) is 4.98 Å². The Balaban J connectivity index is 1.81. The Morgan fingerprint density at radius 3 is 2.64 bits per heavy atom. The molecule has 0 atom stereocenters. The van der Waals surface area contributed by atoms with Gasteiger partial charge in [0.05, 0.1) is 10.6 Å². The third-order valence-electron chi connectivity index (χ3n) is 3.53. The molecule has 3 rings (SSSR count). The molecular formula is C17H12ClN3O3S. The van der Waals surface area contributed by atoms with E-state index >= 15 is 0 Å². The van der Waals surface area contributed by atoms with Crippen molar-refractivity contribution in [3.05, 3.63) is 74.1 Å². The molecule has 8 heteroatoms. The van der Waals surface area contributed by atoms with Crippen LogP contribution >= 0.6 is 22.9 Å². The number of aryl methyl sites for hydroxylation is 1. The van der Waals surface area contributed by atoms with Crippen LogP contribution in [-0.4, -0.2) is 15.8 Å². The van der Waals surface area contributed by atoms with E-state index in [9.17, 15) is 14.9 Å². The highest BCUT2D eigenvalue weighted by Crippen LogP contribution is 2.29. The number of hydrogen-bond donors (Lipinski definition) is 1. The Morgan fingerprint density at radius 2 is 1.96 bits per heavy atom. The van der Waals surface area contributed by atoms with Gasteiger partial charge in [-0.3, -0.25) is 20.2 Å². The van der Waals surface area contributed by atoms with E-state index in [4.69, 9.17) is 11.6 Å². The molecule has 1 heterocycles. The van der Waals surface area contributed by atoms with Crippen LogP contribution in [0.3, 0.4) is 0 Å². The molecule has 6 nitrogen and oxygen atoms in total. The van der Waals surface area contributed by atoms with Crippen LogP contribution in [0.15, 0.2) is 47.8 Å². The van der Waals surface area contributed by atoms with E-state index in [1.807, 2.05) is 0 Å². The van der Waals surface area contributed by atoms with Crippen LogP contribution in [0.25, 0.3) is 11.3 Å². The van der Waals surface area contributed by atoms with E-state index in [-0.39, 0.29) is 11.6 Å². The van der Waals surface area contributed by atoms with Crippen LogP contribution in [0.2, 0.25) is 5.02 Å². The molecule has 0 saturated carbocycles. The number of benzene rings is 2. The average Bonchev–Trinajstić information content (AvgIpc) is 3.04. The van der Waals surface area contributed by atoms with Gasteiger partial charge in [-0.15, -0.1) is 11.3 Å².